The van der Waals surface area contributed by atoms with Crippen LogP contribution in [0.4, 0.5) is 0 Å². The standard InChI is InChI=1S/C10H20N2O3S/c1-15-10-4-2-3-9(10)12-16(13,14)8-5-6-11-7-8/h8-12H,2-7H2,1H3. The summed E-state index contributed by atoms with van der Waals surface area (Å²) in [6, 6.07) is -0.0319. The molecular weight excluding hydrogens is 228 g/mol. The van der Waals surface area contributed by atoms with Crippen LogP contribution >= 0.6 is 0 Å². The minimum atomic E-state index is -3.18. The Morgan fingerprint density at radius 3 is 2.75 bits per heavy atom. The third-order valence-corrected chi connectivity index (χ3v) is 5.44. The molecule has 3 atom stereocenters. The summed E-state index contributed by atoms with van der Waals surface area (Å²) in [7, 11) is -1.53. The number of sulfonamides is 1. The first-order chi connectivity index (χ1) is 7.63. The van der Waals surface area contributed by atoms with Crippen LogP contribution in [0.3, 0.4) is 0 Å². The molecule has 6 heteroatoms. The Hall–Kier alpha value is -0.170. The van der Waals surface area contributed by atoms with Crippen LogP contribution in [0, 0.1) is 0 Å². The summed E-state index contributed by atoms with van der Waals surface area (Å²) < 4.78 is 32.2. The number of rotatable bonds is 4. The molecule has 1 heterocycles. The van der Waals surface area contributed by atoms with Gasteiger partial charge in [-0.2, -0.15) is 0 Å². The quantitative estimate of drug-likeness (QED) is 0.725. The van der Waals surface area contributed by atoms with E-state index in [1.807, 2.05) is 0 Å². The summed E-state index contributed by atoms with van der Waals surface area (Å²) in [5.41, 5.74) is 0. The van der Waals surface area contributed by atoms with Crippen molar-refractivity contribution in [1.29, 1.82) is 0 Å². The lowest BCUT2D eigenvalue weighted by Crippen LogP contribution is -2.45. The lowest BCUT2D eigenvalue weighted by Gasteiger charge is -2.21. The fourth-order valence-corrected chi connectivity index (χ4v) is 4.19. The monoisotopic (exact) mass is 248 g/mol. The minimum absolute atomic E-state index is 0.0319. The maximum absolute atomic E-state index is 12.0. The number of methoxy groups -OCH3 is 1. The van der Waals surface area contributed by atoms with E-state index in [0.29, 0.717) is 13.0 Å². The highest BCUT2D eigenvalue weighted by molar-refractivity contribution is 7.90. The third kappa shape index (κ3) is 2.56. The Morgan fingerprint density at radius 1 is 1.31 bits per heavy atom. The van der Waals surface area contributed by atoms with Gasteiger partial charge in [-0.25, -0.2) is 13.1 Å². The molecule has 2 N–H and O–H groups in total. The van der Waals surface area contributed by atoms with Crippen molar-refractivity contribution in [2.75, 3.05) is 20.2 Å². The highest BCUT2D eigenvalue weighted by Gasteiger charge is 2.35. The van der Waals surface area contributed by atoms with Gasteiger partial charge in [0, 0.05) is 19.7 Å². The van der Waals surface area contributed by atoms with Gasteiger partial charge in [-0.15, -0.1) is 0 Å². The highest BCUT2D eigenvalue weighted by atomic mass is 32.2. The third-order valence-electron chi connectivity index (χ3n) is 3.52. The average Bonchev–Trinajstić information content (AvgIpc) is 2.86. The van der Waals surface area contributed by atoms with Gasteiger partial charge in [-0.1, -0.05) is 0 Å². The van der Waals surface area contributed by atoms with Crippen molar-refractivity contribution in [3.05, 3.63) is 0 Å². The maximum atomic E-state index is 12.0. The zero-order chi connectivity index (χ0) is 11.6. The SMILES string of the molecule is COC1CCCC1NS(=O)(=O)C1CCNC1. The van der Waals surface area contributed by atoms with E-state index in [1.54, 1.807) is 7.11 Å². The summed E-state index contributed by atoms with van der Waals surface area (Å²) in [5.74, 6) is 0. The molecule has 0 radical (unpaired) electrons. The van der Waals surface area contributed by atoms with Crippen LogP contribution in [0.25, 0.3) is 0 Å². The zero-order valence-electron chi connectivity index (χ0n) is 9.61. The Bertz CT molecular complexity index is 325. The van der Waals surface area contributed by atoms with Crippen molar-refractivity contribution in [2.45, 2.75) is 43.1 Å². The fraction of sp³-hybridized carbons (Fsp3) is 1.00. The average molecular weight is 248 g/mol. The first kappa shape index (κ1) is 12.3. The van der Waals surface area contributed by atoms with Crippen LogP contribution in [0.1, 0.15) is 25.7 Å². The predicted molar refractivity (Wildman–Crippen MR) is 61.8 cm³/mol. The topological polar surface area (TPSA) is 67.4 Å². The van der Waals surface area contributed by atoms with Crippen LogP contribution in [0.15, 0.2) is 0 Å². The van der Waals surface area contributed by atoms with Crippen molar-refractivity contribution < 1.29 is 13.2 Å². The van der Waals surface area contributed by atoms with E-state index < -0.39 is 10.0 Å². The van der Waals surface area contributed by atoms with Crippen LogP contribution in [-0.2, 0) is 14.8 Å². The Morgan fingerprint density at radius 2 is 2.12 bits per heavy atom. The molecule has 1 saturated heterocycles. The summed E-state index contributed by atoms with van der Waals surface area (Å²) in [6.07, 6.45) is 3.63. The first-order valence-corrected chi connectivity index (χ1v) is 7.43. The van der Waals surface area contributed by atoms with Crippen molar-refractivity contribution >= 4 is 10.0 Å². The number of nitrogens with one attached hydrogen (secondary N) is 2. The molecule has 2 fully saturated rings. The summed E-state index contributed by atoms with van der Waals surface area (Å²) in [6.45, 7) is 1.36. The van der Waals surface area contributed by atoms with Crippen molar-refractivity contribution in [3.8, 4) is 0 Å². The second-order valence-corrected chi connectivity index (χ2v) is 6.58. The van der Waals surface area contributed by atoms with Gasteiger partial charge in [-0.05, 0) is 32.2 Å². The van der Waals surface area contributed by atoms with E-state index in [9.17, 15) is 8.42 Å². The van der Waals surface area contributed by atoms with Gasteiger partial charge in [0.2, 0.25) is 10.0 Å². The lowest BCUT2D eigenvalue weighted by molar-refractivity contribution is 0.0916. The normalized spacial score (nSPS) is 35.7. The van der Waals surface area contributed by atoms with Gasteiger partial charge in [0.15, 0.2) is 0 Å². The molecule has 0 bridgehead atoms. The van der Waals surface area contributed by atoms with Gasteiger partial charge < -0.3 is 10.1 Å². The molecule has 1 aliphatic carbocycles. The fourth-order valence-electron chi connectivity index (χ4n) is 2.54. The molecule has 2 aliphatic rings. The number of ether oxygens (including phenoxy) is 1. The van der Waals surface area contributed by atoms with Crippen LogP contribution < -0.4 is 10.0 Å². The molecule has 3 unspecified atom stereocenters. The summed E-state index contributed by atoms with van der Waals surface area (Å²) >= 11 is 0. The molecule has 1 saturated carbocycles. The number of hydrogen-bond donors (Lipinski definition) is 2. The molecule has 16 heavy (non-hydrogen) atoms. The molecule has 0 aromatic carbocycles. The lowest BCUT2D eigenvalue weighted by atomic mass is 10.2. The van der Waals surface area contributed by atoms with E-state index >= 15 is 0 Å². The Kier molecular flexibility index (Phi) is 3.84. The van der Waals surface area contributed by atoms with Crippen molar-refractivity contribution in [3.63, 3.8) is 0 Å². The molecule has 2 rings (SSSR count). The van der Waals surface area contributed by atoms with Crippen LogP contribution in [0.5, 0.6) is 0 Å². The molecule has 5 nitrogen and oxygen atoms in total. The largest absolute Gasteiger partial charge is 0.380 e. The number of hydrogen-bond acceptors (Lipinski definition) is 4. The van der Waals surface area contributed by atoms with Crippen LogP contribution in [0.2, 0.25) is 0 Å². The smallest absolute Gasteiger partial charge is 0.216 e. The molecule has 94 valence electrons. The van der Waals surface area contributed by atoms with Crippen LogP contribution in [-0.4, -0.2) is 46.0 Å². The summed E-state index contributed by atoms with van der Waals surface area (Å²) in [4.78, 5) is 0. The predicted octanol–water partition coefficient (Wildman–Crippen LogP) is -0.165. The molecule has 0 spiro atoms. The van der Waals surface area contributed by atoms with Gasteiger partial charge in [0.05, 0.1) is 11.4 Å². The van der Waals surface area contributed by atoms with E-state index in [2.05, 4.69) is 10.0 Å². The molecular formula is C10H20N2O3S. The van der Waals surface area contributed by atoms with E-state index in [4.69, 9.17) is 4.74 Å². The second-order valence-electron chi connectivity index (χ2n) is 4.59. The highest BCUT2D eigenvalue weighted by Crippen LogP contribution is 2.23. The van der Waals surface area contributed by atoms with E-state index in [-0.39, 0.29) is 17.4 Å². The second kappa shape index (κ2) is 5.00. The van der Waals surface area contributed by atoms with Gasteiger partial charge in [0.1, 0.15) is 0 Å². The maximum Gasteiger partial charge on any atom is 0.216 e. The molecule has 1 aliphatic heterocycles. The van der Waals surface area contributed by atoms with Gasteiger partial charge in [0.25, 0.3) is 0 Å². The van der Waals surface area contributed by atoms with Gasteiger partial charge in [-0.3, -0.25) is 0 Å². The van der Waals surface area contributed by atoms with Crippen molar-refractivity contribution in [2.24, 2.45) is 0 Å². The Balaban J connectivity index is 1.97. The zero-order valence-corrected chi connectivity index (χ0v) is 10.4. The van der Waals surface area contributed by atoms with E-state index in [0.717, 1.165) is 25.8 Å². The first-order valence-electron chi connectivity index (χ1n) is 5.88. The summed E-state index contributed by atoms with van der Waals surface area (Å²) in [5, 5.41) is 2.81. The van der Waals surface area contributed by atoms with E-state index in [1.165, 1.54) is 0 Å². The molecule has 0 amide bonds. The Labute approximate surface area is 97.0 Å². The molecule has 0 aromatic rings. The molecule has 0 aromatic heterocycles. The van der Waals surface area contributed by atoms with Crippen molar-refractivity contribution in [1.82, 2.24) is 10.0 Å². The minimum Gasteiger partial charge on any atom is -0.380 e. The van der Waals surface area contributed by atoms with Gasteiger partial charge >= 0.3 is 0 Å².